The fourth-order valence-corrected chi connectivity index (χ4v) is 3.16. The van der Waals surface area contributed by atoms with E-state index in [2.05, 4.69) is 0 Å². The molecule has 0 radical (unpaired) electrons. The van der Waals surface area contributed by atoms with Crippen molar-refractivity contribution in [2.24, 2.45) is 0 Å². The average Bonchev–Trinajstić information content (AvgIpc) is 2.70. The Hall–Kier alpha value is -2.05. The van der Waals surface area contributed by atoms with E-state index in [0.29, 0.717) is 0 Å². The van der Waals surface area contributed by atoms with Gasteiger partial charge in [0, 0.05) is 28.4 Å². The molecule has 0 aromatic heterocycles. The second-order valence-electron chi connectivity index (χ2n) is 5.86. The Morgan fingerprint density at radius 2 is 0.923 bits per heavy atom. The summed E-state index contributed by atoms with van der Waals surface area (Å²) in [6.45, 7) is 0. The first-order valence-electron chi connectivity index (χ1n) is 8.42. The van der Waals surface area contributed by atoms with E-state index in [1.807, 2.05) is 60.7 Å². The average molecular weight is 358 g/mol. The number of rotatable bonds is 10. The molecule has 0 fully saturated rings. The summed E-state index contributed by atoms with van der Waals surface area (Å²) < 4.78 is 21.8. The summed E-state index contributed by atoms with van der Waals surface area (Å²) in [6.07, 6.45) is -1.43. The lowest BCUT2D eigenvalue weighted by atomic mass is 9.82. The predicted octanol–water partition coefficient (Wildman–Crippen LogP) is 3.36. The van der Waals surface area contributed by atoms with Gasteiger partial charge in [-0.25, -0.2) is 0 Å². The van der Waals surface area contributed by atoms with Gasteiger partial charge < -0.3 is 18.9 Å². The molecule has 0 aliphatic carbocycles. The molecule has 5 nitrogen and oxygen atoms in total. The summed E-state index contributed by atoms with van der Waals surface area (Å²) in [6, 6.07) is 18.9. The largest absolute Gasteiger partial charge is 0.355 e. The Morgan fingerprint density at radius 1 is 0.615 bits per heavy atom. The molecule has 0 N–H and O–H groups in total. The minimum absolute atomic E-state index is 0.0928. The third kappa shape index (κ3) is 4.56. The van der Waals surface area contributed by atoms with E-state index >= 15 is 0 Å². The number of benzene rings is 2. The summed E-state index contributed by atoms with van der Waals surface area (Å²) in [5, 5.41) is 0. The van der Waals surface area contributed by atoms with Crippen molar-refractivity contribution in [3.8, 4) is 0 Å². The molecule has 2 atom stereocenters. The van der Waals surface area contributed by atoms with Gasteiger partial charge in [0.1, 0.15) is 0 Å². The van der Waals surface area contributed by atoms with Crippen LogP contribution < -0.4 is 0 Å². The monoisotopic (exact) mass is 358 g/mol. The van der Waals surface area contributed by atoms with E-state index < -0.39 is 24.4 Å². The first-order valence-corrected chi connectivity index (χ1v) is 8.42. The molecule has 0 aliphatic rings. The van der Waals surface area contributed by atoms with Gasteiger partial charge in [0.25, 0.3) is 0 Å². The summed E-state index contributed by atoms with van der Waals surface area (Å²) in [5.74, 6) is -1.33. The Morgan fingerprint density at radius 3 is 1.19 bits per heavy atom. The number of ether oxygens (including phenoxy) is 4. The van der Waals surface area contributed by atoms with Gasteiger partial charge in [-0.3, -0.25) is 4.79 Å². The number of carbonyl (C=O) groups is 1. The van der Waals surface area contributed by atoms with Crippen LogP contribution in [0.2, 0.25) is 0 Å². The Labute approximate surface area is 154 Å². The quantitative estimate of drug-likeness (QED) is 0.610. The van der Waals surface area contributed by atoms with Gasteiger partial charge in [-0.1, -0.05) is 60.7 Å². The van der Waals surface area contributed by atoms with Gasteiger partial charge >= 0.3 is 0 Å². The maximum atomic E-state index is 13.6. The number of ketones is 1. The molecular weight excluding hydrogens is 332 g/mol. The van der Waals surface area contributed by atoms with Gasteiger partial charge in [0.05, 0.1) is 11.8 Å². The second-order valence-corrected chi connectivity index (χ2v) is 5.86. The molecule has 0 bridgehead atoms. The number of hydrogen-bond acceptors (Lipinski definition) is 5. The molecule has 0 heterocycles. The maximum absolute atomic E-state index is 13.6. The molecular formula is C21H26O5. The van der Waals surface area contributed by atoms with Crippen molar-refractivity contribution >= 4 is 5.78 Å². The zero-order chi connectivity index (χ0) is 18.9. The van der Waals surface area contributed by atoms with Crippen LogP contribution in [-0.4, -0.2) is 46.8 Å². The van der Waals surface area contributed by atoms with Crippen molar-refractivity contribution in [1.82, 2.24) is 0 Å². The highest BCUT2D eigenvalue weighted by Gasteiger charge is 2.39. The zero-order valence-corrected chi connectivity index (χ0v) is 15.6. The third-order valence-electron chi connectivity index (χ3n) is 4.40. The topological polar surface area (TPSA) is 54.0 Å². The Bertz CT molecular complexity index is 593. The van der Waals surface area contributed by atoms with Crippen molar-refractivity contribution < 1.29 is 23.7 Å². The highest BCUT2D eigenvalue weighted by atomic mass is 16.7. The van der Waals surface area contributed by atoms with Gasteiger partial charge in [0.15, 0.2) is 18.4 Å². The van der Waals surface area contributed by atoms with Crippen LogP contribution in [0.1, 0.15) is 23.0 Å². The van der Waals surface area contributed by atoms with Crippen LogP contribution in [0.4, 0.5) is 0 Å². The fourth-order valence-electron chi connectivity index (χ4n) is 3.16. The molecule has 2 aromatic carbocycles. The fraction of sp³-hybridized carbons (Fsp3) is 0.381. The molecule has 140 valence electrons. The summed E-state index contributed by atoms with van der Waals surface area (Å²) in [7, 11) is 6.11. The van der Waals surface area contributed by atoms with Crippen molar-refractivity contribution in [3.05, 3.63) is 71.8 Å². The number of methoxy groups -OCH3 is 4. The molecule has 0 saturated carbocycles. The molecule has 0 aliphatic heterocycles. The molecule has 5 heteroatoms. The highest BCUT2D eigenvalue weighted by molar-refractivity contribution is 5.92. The zero-order valence-electron chi connectivity index (χ0n) is 15.6. The van der Waals surface area contributed by atoms with Crippen LogP contribution >= 0.6 is 0 Å². The number of hydrogen-bond donors (Lipinski definition) is 0. The first kappa shape index (κ1) is 20.3. The second kappa shape index (κ2) is 10.2. The highest BCUT2D eigenvalue weighted by Crippen LogP contribution is 2.33. The molecule has 0 saturated heterocycles. The van der Waals surface area contributed by atoms with Crippen LogP contribution in [0.5, 0.6) is 0 Å². The van der Waals surface area contributed by atoms with Crippen molar-refractivity contribution in [3.63, 3.8) is 0 Å². The molecule has 2 rings (SSSR count). The van der Waals surface area contributed by atoms with E-state index in [0.717, 1.165) is 11.1 Å². The Kier molecular flexibility index (Phi) is 7.94. The van der Waals surface area contributed by atoms with E-state index in [1.54, 1.807) is 0 Å². The van der Waals surface area contributed by atoms with E-state index in [1.165, 1.54) is 28.4 Å². The lowest BCUT2D eigenvalue weighted by Gasteiger charge is -2.31. The van der Waals surface area contributed by atoms with Crippen molar-refractivity contribution in [2.75, 3.05) is 28.4 Å². The smallest absolute Gasteiger partial charge is 0.170 e. The van der Waals surface area contributed by atoms with Crippen LogP contribution in [0.3, 0.4) is 0 Å². The van der Waals surface area contributed by atoms with E-state index in [-0.39, 0.29) is 5.78 Å². The minimum Gasteiger partial charge on any atom is -0.355 e. The lowest BCUT2D eigenvalue weighted by molar-refractivity contribution is -0.160. The molecule has 26 heavy (non-hydrogen) atoms. The Balaban J connectivity index is 2.51. The molecule has 2 unspecified atom stereocenters. The normalized spacial score (nSPS) is 13.8. The van der Waals surface area contributed by atoms with Crippen LogP contribution in [0, 0.1) is 0 Å². The van der Waals surface area contributed by atoms with Crippen molar-refractivity contribution in [1.29, 1.82) is 0 Å². The van der Waals surface area contributed by atoms with E-state index in [4.69, 9.17) is 18.9 Å². The molecule has 2 aromatic rings. The van der Waals surface area contributed by atoms with E-state index in [9.17, 15) is 4.79 Å². The van der Waals surface area contributed by atoms with Gasteiger partial charge in [0.2, 0.25) is 0 Å². The van der Waals surface area contributed by atoms with Crippen LogP contribution in [0.25, 0.3) is 0 Å². The van der Waals surface area contributed by atoms with Crippen LogP contribution in [0.15, 0.2) is 60.7 Å². The number of carbonyl (C=O) groups excluding carboxylic acids is 1. The van der Waals surface area contributed by atoms with Gasteiger partial charge in [-0.15, -0.1) is 0 Å². The predicted molar refractivity (Wildman–Crippen MR) is 99.0 cm³/mol. The van der Waals surface area contributed by atoms with Crippen molar-refractivity contribution in [2.45, 2.75) is 24.4 Å². The summed E-state index contributed by atoms with van der Waals surface area (Å²) in [5.41, 5.74) is 1.64. The third-order valence-corrected chi connectivity index (χ3v) is 4.40. The lowest BCUT2D eigenvalue weighted by Crippen LogP contribution is -2.38. The SMILES string of the molecule is COC(OC)C(C(=O)C(c1ccccc1)C(OC)OC)c1ccccc1. The van der Waals surface area contributed by atoms with Crippen LogP contribution in [-0.2, 0) is 23.7 Å². The molecule has 0 amide bonds. The minimum atomic E-state index is -0.717. The molecule has 0 spiro atoms. The first-order chi connectivity index (χ1) is 12.7. The van der Waals surface area contributed by atoms with Gasteiger partial charge in [-0.05, 0) is 11.1 Å². The number of Topliss-reactive ketones (excluding diaryl/α,β-unsaturated/α-hetero) is 1. The summed E-state index contributed by atoms with van der Waals surface area (Å²) >= 11 is 0. The van der Waals surface area contributed by atoms with Gasteiger partial charge in [-0.2, -0.15) is 0 Å². The standard InChI is InChI=1S/C21H26O5/c1-23-20(24-2)17(15-11-7-5-8-12-15)19(22)18(21(25-3)26-4)16-13-9-6-10-14-16/h5-14,17-18,20-21H,1-4H3. The summed E-state index contributed by atoms with van der Waals surface area (Å²) in [4.78, 5) is 13.6. The maximum Gasteiger partial charge on any atom is 0.170 e.